The van der Waals surface area contributed by atoms with E-state index in [0.29, 0.717) is 10.2 Å². The number of aromatic carboxylic acids is 1. The smallest absolute Gasteiger partial charge is 0.410 e. The minimum atomic E-state index is -4.61. The highest BCUT2D eigenvalue weighted by atomic mass is 19.4. The van der Waals surface area contributed by atoms with Gasteiger partial charge >= 0.3 is 6.18 Å². The highest BCUT2D eigenvalue weighted by molar-refractivity contribution is 5.84. The second-order valence-corrected chi connectivity index (χ2v) is 5.19. The van der Waals surface area contributed by atoms with Crippen molar-refractivity contribution in [2.75, 3.05) is 5.32 Å². The van der Waals surface area contributed by atoms with E-state index in [4.69, 9.17) is 0 Å². The summed E-state index contributed by atoms with van der Waals surface area (Å²) < 4.78 is 53.4. The monoisotopic (exact) mass is 328 g/mol. The maximum atomic E-state index is 13.3. The summed E-state index contributed by atoms with van der Waals surface area (Å²) in [6.45, 7) is 0. The Bertz CT molecular complexity index is 739. The summed E-state index contributed by atoms with van der Waals surface area (Å²) in [6.07, 6.45) is -5.00. The van der Waals surface area contributed by atoms with E-state index >= 15 is 0 Å². The third-order valence-corrected chi connectivity index (χ3v) is 3.67. The molecular formula is C14H10F4N3O2-. The molecule has 9 heteroatoms. The number of carboxylic acids is 1. The molecule has 2 atom stereocenters. The lowest BCUT2D eigenvalue weighted by Gasteiger charge is -2.33. The van der Waals surface area contributed by atoms with E-state index in [9.17, 15) is 27.5 Å². The predicted octanol–water partition coefficient (Wildman–Crippen LogP) is 2.05. The first-order valence-corrected chi connectivity index (χ1v) is 6.65. The van der Waals surface area contributed by atoms with Crippen LogP contribution in [0.4, 0.5) is 23.4 Å². The van der Waals surface area contributed by atoms with Crippen molar-refractivity contribution in [3.8, 4) is 0 Å². The summed E-state index contributed by atoms with van der Waals surface area (Å²) in [7, 11) is 0. The Morgan fingerprint density at radius 2 is 1.96 bits per heavy atom. The first-order valence-electron chi connectivity index (χ1n) is 6.65. The number of aromatic nitrogens is 2. The van der Waals surface area contributed by atoms with Crippen molar-refractivity contribution in [3.63, 3.8) is 0 Å². The SMILES string of the molecule is O=C([O-])c1cc2n(n1)[C@@H](C(F)(F)F)C[C@H](c1ccc(F)cc1)N2. The Morgan fingerprint density at radius 3 is 2.52 bits per heavy atom. The third-order valence-electron chi connectivity index (χ3n) is 3.67. The summed E-state index contributed by atoms with van der Waals surface area (Å²) in [4.78, 5) is 10.8. The molecule has 122 valence electrons. The molecular weight excluding hydrogens is 318 g/mol. The lowest BCUT2D eigenvalue weighted by Crippen LogP contribution is -2.35. The lowest BCUT2D eigenvalue weighted by atomic mass is 9.97. The van der Waals surface area contributed by atoms with Crippen molar-refractivity contribution in [1.29, 1.82) is 0 Å². The van der Waals surface area contributed by atoms with Gasteiger partial charge in [-0.1, -0.05) is 12.1 Å². The highest BCUT2D eigenvalue weighted by Gasteiger charge is 2.46. The molecule has 1 N–H and O–H groups in total. The van der Waals surface area contributed by atoms with Gasteiger partial charge in [-0.25, -0.2) is 9.07 Å². The molecule has 2 heterocycles. The maximum absolute atomic E-state index is 13.3. The number of carbonyl (C=O) groups is 1. The minimum absolute atomic E-state index is 0.0768. The Balaban J connectivity index is 2.01. The highest BCUT2D eigenvalue weighted by Crippen LogP contribution is 2.43. The van der Waals surface area contributed by atoms with E-state index in [0.717, 1.165) is 18.2 Å². The van der Waals surface area contributed by atoms with Gasteiger partial charge in [-0.3, -0.25) is 0 Å². The first kappa shape index (κ1) is 15.3. The number of rotatable bonds is 2. The zero-order valence-corrected chi connectivity index (χ0v) is 11.5. The van der Waals surface area contributed by atoms with Crippen LogP contribution >= 0.6 is 0 Å². The number of carboxylic acid groups (broad SMARTS) is 1. The van der Waals surface area contributed by atoms with E-state index in [1.165, 1.54) is 12.1 Å². The van der Waals surface area contributed by atoms with Crippen LogP contribution in [0.1, 0.15) is 34.6 Å². The number of carbonyl (C=O) groups excluding carboxylic acids is 1. The van der Waals surface area contributed by atoms with Gasteiger partial charge in [0.05, 0.1) is 12.0 Å². The Kier molecular flexibility index (Phi) is 3.50. The zero-order valence-electron chi connectivity index (χ0n) is 11.5. The van der Waals surface area contributed by atoms with Crippen molar-refractivity contribution < 1.29 is 27.5 Å². The number of nitrogens with zero attached hydrogens (tertiary/aromatic N) is 2. The van der Waals surface area contributed by atoms with Crippen LogP contribution in [0, 0.1) is 5.82 Å². The van der Waals surface area contributed by atoms with Crippen LogP contribution in [-0.4, -0.2) is 21.9 Å². The number of nitrogens with one attached hydrogen (secondary N) is 1. The molecule has 0 saturated carbocycles. The average Bonchev–Trinajstić information content (AvgIpc) is 2.90. The molecule has 1 aromatic heterocycles. The van der Waals surface area contributed by atoms with Gasteiger partial charge in [0.25, 0.3) is 0 Å². The van der Waals surface area contributed by atoms with Crippen molar-refractivity contribution in [2.45, 2.75) is 24.7 Å². The zero-order chi connectivity index (χ0) is 16.8. The number of alkyl halides is 3. The van der Waals surface area contributed by atoms with Crippen molar-refractivity contribution in [2.24, 2.45) is 0 Å². The molecule has 0 radical (unpaired) electrons. The molecule has 1 aliphatic heterocycles. The van der Waals surface area contributed by atoms with Crippen LogP contribution in [-0.2, 0) is 0 Å². The molecule has 0 bridgehead atoms. The van der Waals surface area contributed by atoms with Crippen molar-refractivity contribution >= 4 is 11.8 Å². The third kappa shape index (κ3) is 2.86. The van der Waals surface area contributed by atoms with Crippen LogP contribution in [0.2, 0.25) is 0 Å². The van der Waals surface area contributed by atoms with Crippen LogP contribution < -0.4 is 10.4 Å². The molecule has 0 fully saturated rings. The summed E-state index contributed by atoms with van der Waals surface area (Å²) in [5, 5.41) is 17.1. The van der Waals surface area contributed by atoms with Gasteiger partial charge in [-0.05, 0) is 17.7 Å². The molecule has 0 spiro atoms. The fourth-order valence-electron chi connectivity index (χ4n) is 2.59. The van der Waals surface area contributed by atoms with Gasteiger partial charge in [0.1, 0.15) is 17.3 Å². The molecule has 0 saturated heterocycles. The quantitative estimate of drug-likeness (QED) is 0.857. The Labute approximate surface area is 127 Å². The number of hydrogen-bond acceptors (Lipinski definition) is 4. The molecule has 0 amide bonds. The first-order chi connectivity index (χ1) is 10.8. The molecule has 1 aliphatic rings. The predicted molar refractivity (Wildman–Crippen MR) is 69.0 cm³/mol. The molecule has 23 heavy (non-hydrogen) atoms. The number of halogens is 4. The van der Waals surface area contributed by atoms with E-state index in [-0.39, 0.29) is 5.82 Å². The average molecular weight is 328 g/mol. The maximum Gasteiger partial charge on any atom is 0.410 e. The minimum Gasteiger partial charge on any atom is -0.543 e. The topological polar surface area (TPSA) is 70.0 Å². The van der Waals surface area contributed by atoms with Crippen LogP contribution in [0.5, 0.6) is 0 Å². The van der Waals surface area contributed by atoms with Crippen molar-refractivity contribution in [1.82, 2.24) is 9.78 Å². The number of hydrogen-bond donors (Lipinski definition) is 1. The normalized spacial score (nSPS) is 20.7. The van der Waals surface area contributed by atoms with E-state index in [1.807, 2.05) is 0 Å². The second kappa shape index (κ2) is 5.25. The van der Waals surface area contributed by atoms with E-state index < -0.39 is 42.2 Å². The lowest BCUT2D eigenvalue weighted by molar-refractivity contribution is -0.255. The van der Waals surface area contributed by atoms with E-state index in [1.54, 1.807) is 0 Å². The molecule has 1 aromatic carbocycles. The standard InChI is InChI=1S/C14H11F4N3O2/c15-8-3-1-7(2-4-8)9-5-11(14(16,17)18)21-12(19-9)6-10(20-21)13(22)23/h1-4,6,9,11,19H,5H2,(H,22,23)/p-1/t9-,11-/m1/s1. The molecule has 5 nitrogen and oxygen atoms in total. The second-order valence-electron chi connectivity index (χ2n) is 5.19. The van der Waals surface area contributed by atoms with Crippen LogP contribution in [0.25, 0.3) is 0 Å². The Morgan fingerprint density at radius 1 is 1.30 bits per heavy atom. The van der Waals surface area contributed by atoms with Gasteiger partial charge in [-0.15, -0.1) is 0 Å². The van der Waals surface area contributed by atoms with Gasteiger partial charge in [0.2, 0.25) is 0 Å². The fraction of sp³-hybridized carbons (Fsp3) is 0.286. The molecule has 0 unspecified atom stereocenters. The van der Waals surface area contributed by atoms with Gasteiger partial charge < -0.3 is 15.2 Å². The van der Waals surface area contributed by atoms with Gasteiger partial charge in [0, 0.05) is 12.5 Å². The van der Waals surface area contributed by atoms with Crippen molar-refractivity contribution in [3.05, 3.63) is 47.4 Å². The summed E-state index contributed by atoms with van der Waals surface area (Å²) >= 11 is 0. The van der Waals surface area contributed by atoms with E-state index in [2.05, 4.69) is 10.4 Å². The van der Waals surface area contributed by atoms with Crippen LogP contribution in [0.3, 0.4) is 0 Å². The number of benzene rings is 1. The Hall–Kier alpha value is -2.58. The largest absolute Gasteiger partial charge is 0.543 e. The summed E-state index contributed by atoms with van der Waals surface area (Å²) in [6, 6.07) is 3.32. The van der Waals surface area contributed by atoms with Gasteiger partial charge in [0.15, 0.2) is 6.04 Å². The summed E-state index contributed by atoms with van der Waals surface area (Å²) in [5.41, 5.74) is -0.121. The molecule has 3 rings (SSSR count). The van der Waals surface area contributed by atoms with Crippen LogP contribution in [0.15, 0.2) is 30.3 Å². The molecule has 2 aromatic rings. The summed E-state index contributed by atoms with van der Waals surface area (Å²) in [5.74, 6) is -2.23. The van der Waals surface area contributed by atoms with Gasteiger partial charge in [-0.2, -0.15) is 18.3 Å². The fourth-order valence-corrected chi connectivity index (χ4v) is 2.59. The molecule has 0 aliphatic carbocycles. The number of anilines is 1. The number of fused-ring (bicyclic) bond motifs is 1.